The largest absolute Gasteiger partial charge is 0.372 e. The summed E-state index contributed by atoms with van der Waals surface area (Å²) in [4.78, 5) is 21.5. The summed E-state index contributed by atoms with van der Waals surface area (Å²) in [5.41, 5.74) is 2.88. The van der Waals surface area contributed by atoms with Crippen molar-refractivity contribution in [2.75, 3.05) is 36.4 Å². The topological polar surface area (TPSA) is 48.5 Å². The van der Waals surface area contributed by atoms with Crippen LogP contribution in [-0.2, 0) is 0 Å². The van der Waals surface area contributed by atoms with Crippen LogP contribution in [0, 0.1) is 0 Å². The lowest BCUT2D eigenvalue weighted by molar-refractivity contribution is 0.0761. The Hall–Kier alpha value is -2.56. The van der Waals surface area contributed by atoms with Crippen LogP contribution in [-0.4, -0.2) is 42.0 Å². The minimum absolute atomic E-state index is 0.110. The van der Waals surface area contributed by atoms with Crippen LogP contribution in [0.1, 0.15) is 49.9 Å². The lowest BCUT2D eigenvalue weighted by Crippen LogP contribution is -2.31. The second-order valence-electron chi connectivity index (χ2n) is 6.98. The third-order valence-electron chi connectivity index (χ3n) is 5.17. The summed E-state index contributed by atoms with van der Waals surface area (Å²) >= 11 is 0. The van der Waals surface area contributed by atoms with Gasteiger partial charge in [0.25, 0.3) is 5.91 Å². The summed E-state index contributed by atoms with van der Waals surface area (Å²) in [5, 5.41) is 3.32. The first-order chi connectivity index (χ1) is 13.2. The van der Waals surface area contributed by atoms with Crippen molar-refractivity contribution in [1.29, 1.82) is 0 Å². The number of nitrogens with one attached hydrogen (secondary N) is 1. The Labute approximate surface area is 162 Å². The average molecular weight is 367 g/mol. The Morgan fingerprint density at radius 3 is 2.33 bits per heavy atom. The molecule has 5 nitrogen and oxygen atoms in total. The molecule has 1 saturated heterocycles. The van der Waals surface area contributed by atoms with Gasteiger partial charge in [0.05, 0.1) is 0 Å². The standard InChI is InChI=1S/C22H30N4O/c1-3-25(4-2)20-11-9-19(10-12-20)24-21-17-18(13-14-23-21)22(27)26-15-7-5-6-8-16-26/h9-14,17H,3-8,15-16H2,1-2H3,(H,23,24). The summed E-state index contributed by atoms with van der Waals surface area (Å²) in [7, 11) is 0. The number of likely N-dealkylation sites (tertiary alicyclic amines) is 1. The Balaban J connectivity index is 1.69. The van der Waals surface area contributed by atoms with E-state index in [1.165, 1.54) is 18.5 Å². The molecule has 2 heterocycles. The molecule has 27 heavy (non-hydrogen) atoms. The van der Waals surface area contributed by atoms with E-state index in [2.05, 4.69) is 53.3 Å². The minimum atomic E-state index is 0.110. The van der Waals surface area contributed by atoms with Crippen molar-refractivity contribution in [3.8, 4) is 0 Å². The molecule has 1 aliphatic rings. The van der Waals surface area contributed by atoms with Crippen LogP contribution in [0.5, 0.6) is 0 Å². The summed E-state index contributed by atoms with van der Waals surface area (Å²) in [6.45, 7) is 8.02. The van der Waals surface area contributed by atoms with Gasteiger partial charge in [-0.05, 0) is 63.1 Å². The van der Waals surface area contributed by atoms with E-state index in [-0.39, 0.29) is 5.91 Å². The molecule has 1 aliphatic heterocycles. The molecule has 1 N–H and O–H groups in total. The van der Waals surface area contributed by atoms with E-state index in [1.54, 1.807) is 6.20 Å². The third kappa shape index (κ3) is 5.00. The molecule has 1 aromatic carbocycles. The van der Waals surface area contributed by atoms with Gasteiger partial charge in [0.15, 0.2) is 0 Å². The molecule has 0 bridgehead atoms. The van der Waals surface area contributed by atoms with Crippen LogP contribution >= 0.6 is 0 Å². The smallest absolute Gasteiger partial charge is 0.254 e. The molecule has 1 amide bonds. The summed E-state index contributed by atoms with van der Waals surface area (Å²) in [6, 6.07) is 12.0. The Bertz CT molecular complexity index is 732. The molecule has 0 saturated carbocycles. The van der Waals surface area contributed by atoms with Gasteiger partial charge in [0.2, 0.25) is 0 Å². The molecule has 0 atom stereocenters. The SMILES string of the molecule is CCN(CC)c1ccc(Nc2cc(C(=O)N3CCCCCC3)ccn2)cc1. The Morgan fingerprint density at radius 1 is 1.04 bits per heavy atom. The molecule has 5 heteroatoms. The molecule has 3 rings (SSSR count). The molecule has 0 unspecified atom stereocenters. The molecular formula is C22H30N4O. The van der Waals surface area contributed by atoms with Crippen LogP contribution in [0.4, 0.5) is 17.2 Å². The number of anilines is 3. The number of benzene rings is 1. The molecule has 144 valence electrons. The molecule has 1 aromatic heterocycles. The van der Waals surface area contributed by atoms with Crippen molar-refractivity contribution in [2.24, 2.45) is 0 Å². The van der Waals surface area contributed by atoms with Gasteiger partial charge in [-0.15, -0.1) is 0 Å². The van der Waals surface area contributed by atoms with Crippen LogP contribution < -0.4 is 10.2 Å². The lowest BCUT2D eigenvalue weighted by Gasteiger charge is -2.21. The molecular weight excluding hydrogens is 336 g/mol. The Kier molecular flexibility index (Phi) is 6.69. The van der Waals surface area contributed by atoms with Gasteiger partial charge < -0.3 is 15.1 Å². The molecule has 2 aromatic rings. The zero-order valence-corrected chi connectivity index (χ0v) is 16.4. The van der Waals surface area contributed by atoms with Gasteiger partial charge >= 0.3 is 0 Å². The van der Waals surface area contributed by atoms with Crippen molar-refractivity contribution < 1.29 is 4.79 Å². The van der Waals surface area contributed by atoms with Crippen molar-refractivity contribution >= 4 is 23.1 Å². The van der Waals surface area contributed by atoms with Crippen LogP contribution in [0.2, 0.25) is 0 Å². The molecule has 0 aliphatic carbocycles. The highest BCUT2D eigenvalue weighted by Crippen LogP contribution is 2.21. The summed E-state index contributed by atoms with van der Waals surface area (Å²) in [6.07, 6.45) is 6.34. The van der Waals surface area contributed by atoms with E-state index >= 15 is 0 Å². The predicted molar refractivity (Wildman–Crippen MR) is 112 cm³/mol. The maximum absolute atomic E-state index is 12.8. The lowest BCUT2D eigenvalue weighted by atomic mass is 10.2. The second kappa shape index (κ2) is 9.40. The monoisotopic (exact) mass is 366 g/mol. The van der Waals surface area contributed by atoms with Gasteiger partial charge in [-0.25, -0.2) is 4.98 Å². The molecule has 0 spiro atoms. The first-order valence-electron chi connectivity index (χ1n) is 10.1. The fraction of sp³-hybridized carbons (Fsp3) is 0.455. The van der Waals surface area contributed by atoms with Crippen molar-refractivity contribution in [3.05, 3.63) is 48.2 Å². The van der Waals surface area contributed by atoms with E-state index in [0.717, 1.165) is 44.7 Å². The van der Waals surface area contributed by atoms with Crippen LogP contribution in [0.3, 0.4) is 0 Å². The highest BCUT2D eigenvalue weighted by molar-refractivity contribution is 5.95. The number of amides is 1. The normalized spacial score (nSPS) is 14.5. The van der Waals surface area contributed by atoms with E-state index in [4.69, 9.17) is 0 Å². The Morgan fingerprint density at radius 2 is 1.70 bits per heavy atom. The van der Waals surface area contributed by atoms with E-state index in [1.807, 2.05) is 17.0 Å². The fourth-order valence-corrected chi connectivity index (χ4v) is 3.58. The number of pyridine rings is 1. The number of carbonyl (C=O) groups is 1. The fourth-order valence-electron chi connectivity index (χ4n) is 3.58. The minimum Gasteiger partial charge on any atom is -0.372 e. The first-order valence-corrected chi connectivity index (χ1v) is 10.1. The quantitative estimate of drug-likeness (QED) is 0.806. The number of hydrogen-bond donors (Lipinski definition) is 1. The maximum Gasteiger partial charge on any atom is 0.254 e. The summed E-state index contributed by atoms with van der Waals surface area (Å²) < 4.78 is 0. The van der Waals surface area contributed by atoms with Gasteiger partial charge in [-0.1, -0.05) is 12.8 Å². The zero-order valence-electron chi connectivity index (χ0n) is 16.4. The van der Waals surface area contributed by atoms with Gasteiger partial charge in [-0.3, -0.25) is 4.79 Å². The molecule has 1 fully saturated rings. The highest BCUT2D eigenvalue weighted by Gasteiger charge is 2.17. The van der Waals surface area contributed by atoms with Crippen molar-refractivity contribution in [3.63, 3.8) is 0 Å². The van der Waals surface area contributed by atoms with Crippen LogP contribution in [0.25, 0.3) is 0 Å². The second-order valence-corrected chi connectivity index (χ2v) is 6.98. The van der Waals surface area contributed by atoms with Crippen molar-refractivity contribution in [2.45, 2.75) is 39.5 Å². The maximum atomic E-state index is 12.8. The first kappa shape index (κ1) is 19.2. The molecule has 0 radical (unpaired) electrons. The summed E-state index contributed by atoms with van der Waals surface area (Å²) in [5.74, 6) is 0.811. The van der Waals surface area contributed by atoms with E-state index in [9.17, 15) is 4.79 Å². The third-order valence-corrected chi connectivity index (χ3v) is 5.17. The number of rotatable bonds is 6. The van der Waals surface area contributed by atoms with Gasteiger partial charge in [0, 0.05) is 49.3 Å². The highest BCUT2D eigenvalue weighted by atomic mass is 16.2. The zero-order chi connectivity index (χ0) is 19.1. The number of nitrogens with zero attached hydrogens (tertiary/aromatic N) is 3. The number of hydrogen-bond acceptors (Lipinski definition) is 4. The van der Waals surface area contributed by atoms with Crippen LogP contribution in [0.15, 0.2) is 42.6 Å². The predicted octanol–water partition coefficient (Wildman–Crippen LogP) is 4.69. The van der Waals surface area contributed by atoms with E-state index < -0.39 is 0 Å². The van der Waals surface area contributed by atoms with Gasteiger partial charge in [0.1, 0.15) is 5.82 Å². The number of carbonyl (C=O) groups excluding carboxylic acids is 1. The van der Waals surface area contributed by atoms with E-state index in [0.29, 0.717) is 11.4 Å². The number of aromatic nitrogens is 1. The van der Waals surface area contributed by atoms with Gasteiger partial charge in [-0.2, -0.15) is 0 Å². The van der Waals surface area contributed by atoms with Crippen molar-refractivity contribution in [1.82, 2.24) is 9.88 Å². The average Bonchev–Trinajstić information content (AvgIpc) is 2.99.